The van der Waals surface area contributed by atoms with Crippen molar-refractivity contribution in [3.63, 3.8) is 0 Å². The third-order valence-corrected chi connectivity index (χ3v) is 6.57. The van der Waals surface area contributed by atoms with E-state index >= 15 is 0 Å². The van der Waals surface area contributed by atoms with E-state index in [0.29, 0.717) is 23.6 Å². The number of ether oxygens (including phenoxy) is 1. The number of nitrogens with two attached hydrogens (primary N) is 1. The summed E-state index contributed by atoms with van der Waals surface area (Å²) in [4.78, 5) is 26.2. The number of hydrogen-bond acceptors (Lipinski definition) is 6. The fourth-order valence-electron chi connectivity index (χ4n) is 3.05. The molecular weight excluding hydrogens is 384 g/mol. The van der Waals surface area contributed by atoms with Crippen LogP contribution in [-0.2, 0) is 15.3 Å². The van der Waals surface area contributed by atoms with E-state index in [1.165, 1.54) is 4.21 Å². The average Bonchev–Trinajstić information content (AvgIpc) is 3.33. The molecule has 4 rings (SSSR count). The lowest BCUT2D eigenvalue weighted by atomic mass is 10.1. The van der Waals surface area contributed by atoms with Crippen molar-refractivity contribution in [2.75, 3.05) is 19.7 Å². The molecule has 1 unspecified atom stereocenters. The number of benzene rings is 1. The molecule has 1 saturated heterocycles. The van der Waals surface area contributed by atoms with Crippen molar-refractivity contribution in [1.82, 2.24) is 4.90 Å². The summed E-state index contributed by atoms with van der Waals surface area (Å²) in [7, 11) is 0. The van der Waals surface area contributed by atoms with Gasteiger partial charge in [0.05, 0.1) is 17.4 Å². The van der Waals surface area contributed by atoms with Crippen LogP contribution < -0.4 is 5.73 Å². The summed E-state index contributed by atoms with van der Waals surface area (Å²) in [6, 6.07) is 11.7. The monoisotopic (exact) mass is 402 g/mol. The first-order valence-corrected chi connectivity index (χ1v) is 10.4. The summed E-state index contributed by atoms with van der Waals surface area (Å²) in [6.07, 6.45) is -0.781. The predicted octanol–water partition coefficient (Wildman–Crippen LogP) is 3.11. The quantitative estimate of drug-likeness (QED) is 0.663. The number of thiophene rings is 1. The topological polar surface area (TPSA) is 85.8 Å². The number of para-hydroxylation sites is 1. The first kappa shape index (κ1) is 18.1. The van der Waals surface area contributed by atoms with Gasteiger partial charge in [-0.05, 0) is 17.5 Å². The number of primary amides is 1. The van der Waals surface area contributed by atoms with Crippen LogP contribution in [0.1, 0.15) is 16.1 Å². The first-order chi connectivity index (χ1) is 13.1. The van der Waals surface area contributed by atoms with Gasteiger partial charge in [0.1, 0.15) is 5.58 Å². The maximum Gasteiger partial charge on any atom is 0.290 e. The van der Waals surface area contributed by atoms with E-state index in [4.69, 9.17) is 14.9 Å². The summed E-state index contributed by atoms with van der Waals surface area (Å²) in [5.74, 6) is 0.154. The van der Waals surface area contributed by atoms with Crippen LogP contribution in [-0.4, -0.2) is 42.5 Å². The van der Waals surface area contributed by atoms with E-state index < -0.39 is 12.0 Å². The van der Waals surface area contributed by atoms with Gasteiger partial charge in [0.2, 0.25) is 5.91 Å². The molecule has 8 heteroatoms. The van der Waals surface area contributed by atoms with Crippen LogP contribution in [0.2, 0.25) is 0 Å². The van der Waals surface area contributed by atoms with Crippen molar-refractivity contribution >= 4 is 45.9 Å². The highest BCUT2D eigenvalue weighted by molar-refractivity contribution is 8.00. The minimum absolute atomic E-state index is 0.142. The van der Waals surface area contributed by atoms with Crippen molar-refractivity contribution < 1.29 is 18.7 Å². The second-order valence-electron chi connectivity index (χ2n) is 6.14. The lowest BCUT2D eigenvalue weighted by Crippen LogP contribution is -2.50. The van der Waals surface area contributed by atoms with Crippen molar-refractivity contribution in [3.05, 3.63) is 53.1 Å². The zero-order valence-corrected chi connectivity index (χ0v) is 16.1. The Labute approximate surface area is 164 Å². The Morgan fingerprint density at radius 1 is 1.26 bits per heavy atom. The van der Waals surface area contributed by atoms with Gasteiger partial charge in [-0.3, -0.25) is 9.59 Å². The van der Waals surface area contributed by atoms with E-state index in [1.54, 1.807) is 28.0 Å². The molecule has 27 heavy (non-hydrogen) atoms. The molecule has 1 aliphatic heterocycles. The lowest BCUT2D eigenvalue weighted by molar-refractivity contribution is -0.133. The molecule has 2 N–H and O–H groups in total. The van der Waals surface area contributed by atoms with Crippen LogP contribution in [0.4, 0.5) is 0 Å². The molecule has 3 aromatic rings. The first-order valence-electron chi connectivity index (χ1n) is 8.50. The zero-order valence-electron chi connectivity index (χ0n) is 14.4. The Kier molecular flexibility index (Phi) is 5.20. The third kappa shape index (κ3) is 3.73. The van der Waals surface area contributed by atoms with Gasteiger partial charge in [-0.25, -0.2) is 0 Å². The summed E-state index contributed by atoms with van der Waals surface area (Å²) < 4.78 is 12.4. The number of morpholine rings is 1. The Balaban J connectivity index is 1.64. The van der Waals surface area contributed by atoms with E-state index in [1.807, 2.05) is 35.7 Å². The van der Waals surface area contributed by atoms with Crippen molar-refractivity contribution in [2.45, 2.75) is 16.1 Å². The molecule has 2 aromatic heterocycles. The molecule has 0 saturated carbocycles. The summed E-state index contributed by atoms with van der Waals surface area (Å²) >= 11 is 3.34. The Morgan fingerprint density at radius 3 is 2.89 bits per heavy atom. The summed E-state index contributed by atoms with van der Waals surface area (Å²) in [5.41, 5.74) is 6.89. The lowest BCUT2D eigenvalue weighted by Gasteiger charge is -2.30. The van der Waals surface area contributed by atoms with Gasteiger partial charge >= 0.3 is 0 Å². The van der Waals surface area contributed by atoms with E-state index in [-0.39, 0.29) is 19.1 Å². The smallest absolute Gasteiger partial charge is 0.290 e. The van der Waals surface area contributed by atoms with Crippen LogP contribution in [0.25, 0.3) is 11.0 Å². The highest BCUT2D eigenvalue weighted by atomic mass is 32.2. The number of hydrogen-bond donors (Lipinski definition) is 1. The van der Waals surface area contributed by atoms with Crippen LogP contribution in [0.15, 0.2) is 50.4 Å². The largest absolute Gasteiger partial charge is 0.451 e. The molecule has 6 nitrogen and oxygen atoms in total. The summed E-state index contributed by atoms with van der Waals surface area (Å²) in [5, 5.41) is 2.96. The molecule has 1 atom stereocenters. The average molecular weight is 402 g/mol. The second-order valence-corrected chi connectivity index (χ2v) is 8.36. The molecule has 0 radical (unpaired) electrons. The standard InChI is InChI=1S/C19H18N2O4S2/c20-18(22)15-10-21(7-8-24-15)19(23)17-13(11-27-16-6-3-9-26-16)12-4-1-2-5-14(12)25-17/h1-6,9,15H,7-8,10-11H2,(H2,20,22). The molecular formula is C19H18N2O4S2. The fourth-order valence-corrected chi connectivity index (χ4v) is 4.87. The maximum atomic E-state index is 13.1. The van der Waals surface area contributed by atoms with Crippen LogP contribution >= 0.6 is 23.1 Å². The molecule has 2 amide bonds. The molecule has 1 fully saturated rings. The van der Waals surface area contributed by atoms with Crippen LogP contribution in [0.3, 0.4) is 0 Å². The highest BCUT2D eigenvalue weighted by Gasteiger charge is 2.31. The van der Waals surface area contributed by atoms with Gasteiger partial charge in [-0.2, -0.15) is 0 Å². The number of rotatable bonds is 5. The minimum atomic E-state index is -0.781. The Hall–Kier alpha value is -2.29. The number of nitrogens with zero attached hydrogens (tertiary/aromatic N) is 1. The number of fused-ring (bicyclic) bond motifs is 1. The molecule has 1 aliphatic rings. The van der Waals surface area contributed by atoms with Crippen LogP contribution in [0.5, 0.6) is 0 Å². The second kappa shape index (κ2) is 7.75. The minimum Gasteiger partial charge on any atom is -0.451 e. The van der Waals surface area contributed by atoms with Gasteiger partial charge in [-0.15, -0.1) is 23.1 Å². The van der Waals surface area contributed by atoms with Crippen LogP contribution in [0, 0.1) is 0 Å². The number of amides is 2. The van der Waals surface area contributed by atoms with Gasteiger partial charge in [0, 0.05) is 23.2 Å². The molecule has 3 heterocycles. The number of carbonyl (C=O) groups is 2. The number of thioether (sulfide) groups is 1. The van der Waals surface area contributed by atoms with Gasteiger partial charge in [0.25, 0.3) is 5.91 Å². The number of carbonyl (C=O) groups excluding carboxylic acids is 2. The van der Waals surface area contributed by atoms with E-state index in [2.05, 4.69) is 6.07 Å². The maximum absolute atomic E-state index is 13.1. The molecule has 1 aromatic carbocycles. The summed E-state index contributed by atoms with van der Waals surface area (Å²) in [6.45, 7) is 0.818. The molecule has 140 valence electrons. The van der Waals surface area contributed by atoms with Gasteiger partial charge in [0.15, 0.2) is 11.9 Å². The Morgan fingerprint density at radius 2 is 2.11 bits per heavy atom. The van der Waals surface area contributed by atoms with E-state index in [9.17, 15) is 9.59 Å². The normalized spacial score (nSPS) is 17.3. The zero-order chi connectivity index (χ0) is 18.8. The number of furan rings is 1. The predicted molar refractivity (Wildman–Crippen MR) is 105 cm³/mol. The third-order valence-electron chi connectivity index (χ3n) is 4.42. The fraction of sp³-hybridized carbons (Fsp3) is 0.263. The van der Waals surface area contributed by atoms with Crippen molar-refractivity contribution in [1.29, 1.82) is 0 Å². The van der Waals surface area contributed by atoms with Crippen molar-refractivity contribution in [3.8, 4) is 0 Å². The van der Waals surface area contributed by atoms with E-state index in [0.717, 1.165) is 10.9 Å². The SMILES string of the molecule is NC(=O)C1CN(C(=O)c2oc3ccccc3c2CSc2cccs2)CCO1. The molecule has 0 spiro atoms. The van der Waals surface area contributed by atoms with Crippen molar-refractivity contribution in [2.24, 2.45) is 5.73 Å². The highest BCUT2D eigenvalue weighted by Crippen LogP contribution is 2.34. The molecule has 0 bridgehead atoms. The van der Waals surface area contributed by atoms with Gasteiger partial charge < -0.3 is 19.8 Å². The van der Waals surface area contributed by atoms with Gasteiger partial charge in [-0.1, -0.05) is 24.3 Å². The molecule has 0 aliphatic carbocycles. The Bertz CT molecular complexity index is 967.